The molecule has 0 fully saturated rings. The topological polar surface area (TPSA) is 77.1 Å². The van der Waals surface area contributed by atoms with E-state index in [0.29, 0.717) is 18.7 Å². The van der Waals surface area contributed by atoms with Crippen molar-refractivity contribution >= 4 is 23.0 Å². The van der Waals surface area contributed by atoms with Gasteiger partial charge in [0.15, 0.2) is 5.58 Å². The first-order valence-corrected chi connectivity index (χ1v) is 7.16. The average Bonchev–Trinajstić information content (AvgIpc) is 3.05. The van der Waals surface area contributed by atoms with E-state index < -0.39 is 0 Å². The van der Waals surface area contributed by atoms with Crippen LogP contribution in [-0.4, -0.2) is 22.0 Å². The van der Waals surface area contributed by atoms with E-state index >= 15 is 0 Å². The number of fused-ring (bicyclic) bond motifs is 1. The predicted octanol–water partition coefficient (Wildman–Crippen LogP) is 1.82. The van der Waals surface area contributed by atoms with Crippen molar-refractivity contribution in [2.75, 3.05) is 6.54 Å². The van der Waals surface area contributed by atoms with E-state index in [0.717, 1.165) is 10.9 Å². The maximum atomic E-state index is 12.1. The quantitative estimate of drug-likeness (QED) is 0.729. The molecule has 3 heterocycles. The Morgan fingerprint density at radius 1 is 1.35 bits per heavy atom. The molecule has 6 nitrogen and oxygen atoms in total. The number of carbonyl (C=O) groups is 1. The second kappa shape index (κ2) is 6.74. The van der Waals surface area contributed by atoms with Crippen LogP contribution >= 0.6 is 0 Å². The van der Waals surface area contributed by atoms with Crippen molar-refractivity contribution in [3.05, 3.63) is 71.1 Å². The van der Waals surface area contributed by atoms with Gasteiger partial charge in [-0.25, -0.2) is 0 Å². The minimum Gasteiger partial charge on any atom is -0.459 e. The molecule has 0 aliphatic carbocycles. The maximum Gasteiger partial charge on any atom is 0.294 e. The van der Waals surface area contributed by atoms with Crippen LogP contribution in [0.2, 0.25) is 0 Å². The summed E-state index contributed by atoms with van der Waals surface area (Å²) >= 11 is 0. The number of amides is 1. The monoisotopic (exact) mass is 309 g/mol. The fraction of sp³-hybridized carbons (Fsp3) is 0.118. The van der Waals surface area contributed by atoms with Crippen LogP contribution in [0.4, 0.5) is 0 Å². The molecule has 0 bridgehead atoms. The van der Waals surface area contributed by atoms with Gasteiger partial charge >= 0.3 is 0 Å². The summed E-state index contributed by atoms with van der Waals surface area (Å²) in [6, 6.07) is 7.21. The van der Waals surface area contributed by atoms with E-state index in [1.54, 1.807) is 36.8 Å². The van der Waals surface area contributed by atoms with Crippen LogP contribution in [-0.2, 0) is 11.3 Å². The third kappa shape index (κ3) is 3.55. The Morgan fingerprint density at radius 3 is 3.09 bits per heavy atom. The smallest absolute Gasteiger partial charge is 0.294 e. The van der Waals surface area contributed by atoms with E-state index in [1.807, 2.05) is 12.1 Å². The van der Waals surface area contributed by atoms with Crippen molar-refractivity contribution in [1.82, 2.24) is 14.9 Å². The normalized spacial score (nSPS) is 11.1. The molecule has 0 aliphatic heterocycles. The number of nitrogens with one attached hydrogen (secondary N) is 1. The summed E-state index contributed by atoms with van der Waals surface area (Å²) in [4.78, 5) is 27.8. The number of pyridine rings is 2. The van der Waals surface area contributed by atoms with Gasteiger partial charge in [-0.2, -0.15) is 0 Å². The molecule has 0 unspecified atom stereocenters. The summed E-state index contributed by atoms with van der Waals surface area (Å²) in [5, 5.41) is 3.51. The van der Waals surface area contributed by atoms with Crippen LogP contribution in [0.5, 0.6) is 0 Å². The number of hydrogen-bond acceptors (Lipinski definition) is 4. The van der Waals surface area contributed by atoms with Crippen molar-refractivity contribution in [2.24, 2.45) is 0 Å². The Morgan fingerprint density at radius 2 is 2.26 bits per heavy atom. The van der Waals surface area contributed by atoms with Gasteiger partial charge in [0.2, 0.25) is 5.91 Å². The number of rotatable bonds is 5. The Kier molecular flexibility index (Phi) is 4.33. The van der Waals surface area contributed by atoms with E-state index in [2.05, 4.69) is 10.3 Å². The fourth-order valence-electron chi connectivity index (χ4n) is 2.17. The minimum absolute atomic E-state index is 0.201. The lowest BCUT2D eigenvalue weighted by Gasteiger charge is -2.05. The molecule has 0 spiro atoms. The Balaban J connectivity index is 1.56. The number of nitrogens with zero attached hydrogens (tertiary/aromatic N) is 2. The molecule has 6 heteroatoms. The fourth-order valence-corrected chi connectivity index (χ4v) is 2.17. The summed E-state index contributed by atoms with van der Waals surface area (Å²) in [5.41, 5.74) is 0.977. The van der Waals surface area contributed by atoms with Crippen LogP contribution in [0.15, 0.2) is 64.4 Å². The van der Waals surface area contributed by atoms with E-state index in [-0.39, 0.29) is 11.5 Å². The molecular weight excluding hydrogens is 294 g/mol. The van der Waals surface area contributed by atoms with Gasteiger partial charge in [0.1, 0.15) is 0 Å². The van der Waals surface area contributed by atoms with Gasteiger partial charge in [0, 0.05) is 43.1 Å². The number of furan rings is 1. The number of carbonyl (C=O) groups excluding carboxylic acids is 1. The van der Waals surface area contributed by atoms with Crippen molar-refractivity contribution < 1.29 is 9.21 Å². The third-order valence-corrected chi connectivity index (χ3v) is 3.35. The zero-order valence-electron chi connectivity index (χ0n) is 12.3. The average molecular weight is 309 g/mol. The first-order valence-electron chi connectivity index (χ1n) is 7.16. The van der Waals surface area contributed by atoms with Crippen LogP contribution in [0.3, 0.4) is 0 Å². The van der Waals surface area contributed by atoms with Gasteiger partial charge in [-0.3, -0.25) is 14.6 Å². The third-order valence-electron chi connectivity index (χ3n) is 3.35. The number of aromatic nitrogens is 2. The Hall–Kier alpha value is -3.15. The summed E-state index contributed by atoms with van der Waals surface area (Å²) in [6.07, 6.45) is 9.64. The van der Waals surface area contributed by atoms with E-state index in [9.17, 15) is 9.59 Å². The first-order chi connectivity index (χ1) is 11.2. The largest absolute Gasteiger partial charge is 0.459 e. The van der Waals surface area contributed by atoms with Crippen LogP contribution < -0.4 is 10.9 Å². The molecule has 116 valence electrons. The maximum absolute atomic E-state index is 12.1. The summed E-state index contributed by atoms with van der Waals surface area (Å²) in [5.74, 6) is -0.221. The first kappa shape index (κ1) is 14.8. The molecule has 0 saturated heterocycles. The minimum atomic E-state index is -0.221. The van der Waals surface area contributed by atoms with Crippen molar-refractivity contribution in [2.45, 2.75) is 6.54 Å². The van der Waals surface area contributed by atoms with Crippen molar-refractivity contribution in [3.63, 3.8) is 0 Å². The highest BCUT2D eigenvalue weighted by Gasteiger charge is 2.05. The molecule has 3 aromatic rings. The van der Waals surface area contributed by atoms with Gasteiger partial charge in [0.05, 0.1) is 6.26 Å². The molecule has 3 aromatic heterocycles. The van der Waals surface area contributed by atoms with Crippen LogP contribution in [0.25, 0.3) is 17.0 Å². The van der Waals surface area contributed by atoms with Gasteiger partial charge in [-0.05, 0) is 29.8 Å². The van der Waals surface area contributed by atoms with E-state index in [4.69, 9.17) is 4.42 Å². The lowest BCUT2D eigenvalue weighted by atomic mass is 10.2. The lowest BCUT2D eigenvalue weighted by Crippen LogP contribution is -2.29. The summed E-state index contributed by atoms with van der Waals surface area (Å²) in [6.45, 7) is 0.726. The molecule has 23 heavy (non-hydrogen) atoms. The second-order valence-corrected chi connectivity index (χ2v) is 4.93. The molecule has 1 amide bonds. The zero-order chi connectivity index (χ0) is 16.1. The SMILES string of the molecule is O=C(/C=C/c1cccnc1)NCCn1ccc2ccoc2c1=O. The molecule has 0 radical (unpaired) electrons. The van der Waals surface area contributed by atoms with Gasteiger partial charge in [-0.1, -0.05) is 6.07 Å². The van der Waals surface area contributed by atoms with Gasteiger partial charge < -0.3 is 14.3 Å². The van der Waals surface area contributed by atoms with Crippen LogP contribution in [0.1, 0.15) is 5.56 Å². The molecule has 1 N–H and O–H groups in total. The standard InChI is InChI=1S/C17H15N3O3/c21-15(4-3-13-2-1-7-18-12-13)19-8-10-20-9-5-14-6-11-23-16(14)17(20)22/h1-7,9,11-12H,8,10H2,(H,19,21)/b4-3+. The summed E-state index contributed by atoms with van der Waals surface area (Å²) < 4.78 is 6.68. The zero-order valence-corrected chi connectivity index (χ0v) is 12.3. The highest BCUT2D eigenvalue weighted by atomic mass is 16.3. The predicted molar refractivity (Wildman–Crippen MR) is 86.8 cm³/mol. The van der Waals surface area contributed by atoms with E-state index in [1.165, 1.54) is 16.9 Å². The molecule has 3 rings (SSSR count). The molecule has 0 aromatic carbocycles. The lowest BCUT2D eigenvalue weighted by molar-refractivity contribution is -0.116. The number of hydrogen-bond donors (Lipinski definition) is 1. The van der Waals surface area contributed by atoms with Gasteiger partial charge in [-0.15, -0.1) is 0 Å². The molecule has 0 aliphatic rings. The van der Waals surface area contributed by atoms with Gasteiger partial charge in [0.25, 0.3) is 5.56 Å². The molecular formula is C17H15N3O3. The highest BCUT2D eigenvalue weighted by molar-refractivity contribution is 5.91. The molecule has 0 atom stereocenters. The second-order valence-electron chi connectivity index (χ2n) is 4.93. The van der Waals surface area contributed by atoms with Crippen molar-refractivity contribution in [3.8, 4) is 0 Å². The van der Waals surface area contributed by atoms with Crippen LogP contribution in [0, 0.1) is 0 Å². The highest BCUT2D eigenvalue weighted by Crippen LogP contribution is 2.09. The molecule has 0 saturated carbocycles. The Bertz CT molecular complexity index is 894. The van der Waals surface area contributed by atoms with Crippen molar-refractivity contribution in [1.29, 1.82) is 0 Å². The Labute approximate surface area is 132 Å². The summed E-state index contributed by atoms with van der Waals surface area (Å²) in [7, 11) is 0.